The Morgan fingerprint density at radius 2 is 1.90 bits per heavy atom. The molecule has 0 aliphatic carbocycles. The molecule has 0 spiro atoms. The summed E-state index contributed by atoms with van der Waals surface area (Å²) in [6.07, 6.45) is 5.13. The minimum Gasteiger partial charge on any atom is -0.461 e. The van der Waals surface area contributed by atoms with E-state index in [2.05, 4.69) is 47.2 Å². The van der Waals surface area contributed by atoms with Crippen LogP contribution in [0, 0.1) is 0 Å². The topological polar surface area (TPSA) is 94.4 Å². The number of methoxy groups -OCH3 is 1. The highest BCUT2D eigenvalue weighted by Crippen LogP contribution is 2.36. The van der Waals surface area contributed by atoms with Gasteiger partial charge in [0.1, 0.15) is 5.82 Å². The molecule has 0 bridgehead atoms. The number of pyridine rings is 2. The number of benzene rings is 1. The Morgan fingerprint density at radius 3 is 2.60 bits per heavy atom. The van der Waals surface area contributed by atoms with Gasteiger partial charge in [0.2, 0.25) is 0 Å². The van der Waals surface area contributed by atoms with Crippen LogP contribution in [0.2, 0.25) is 0 Å². The Balaban J connectivity index is 1.64. The van der Waals surface area contributed by atoms with Crippen molar-refractivity contribution in [1.29, 1.82) is 0 Å². The van der Waals surface area contributed by atoms with Gasteiger partial charge in [0.25, 0.3) is 0 Å². The van der Waals surface area contributed by atoms with Crippen molar-refractivity contribution in [2.24, 2.45) is 0 Å². The minimum atomic E-state index is -0.459. The lowest BCUT2D eigenvalue weighted by Gasteiger charge is -2.18. The van der Waals surface area contributed by atoms with Crippen molar-refractivity contribution < 1.29 is 14.3 Å². The van der Waals surface area contributed by atoms with E-state index < -0.39 is 5.97 Å². The maximum Gasteiger partial charge on any atom is 0.357 e. The predicted molar refractivity (Wildman–Crippen MR) is 159 cm³/mol. The third-order valence-corrected chi connectivity index (χ3v) is 7.15. The molecular weight excluding hydrogens is 504 g/mol. The van der Waals surface area contributed by atoms with Crippen LogP contribution in [-0.4, -0.2) is 65.7 Å². The van der Waals surface area contributed by atoms with Crippen LogP contribution in [-0.2, 0) is 9.47 Å². The second-order valence-corrected chi connectivity index (χ2v) is 10.3. The van der Waals surface area contributed by atoms with Gasteiger partial charge >= 0.3 is 5.97 Å². The van der Waals surface area contributed by atoms with Crippen molar-refractivity contribution in [2.45, 2.75) is 46.0 Å². The van der Waals surface area contributed by atoms with Gasteiger partial charge in [0.15, 0.2) is 11.3 Å². The highest BCUT2D eigenvalue weighted by atomic mass is 16.5. The largest absolute Gasteiger partial charge is 0.461 e. The molecule has 5 rings (SSSR count). The van der Waals surface area contributed by atoms with Gasteiger partial charge in [-0.3, -0.25) is 0 Å². The molecule has 40 heavy (non-hydrogen) atoms. The van der Waals surface area contributed by atoms with Gasteiger partial charge in [-0.25, -0.2) is 19.4 Å². The molecule has 210 valence electrons. The van der Waals surface area contributed by atoms with E-state index in [-0.39, 0.29) is 18.2 Å². The summed E-state index contributed by atoms with van der Waals surface area (Å²) in [5.74, 6) is 0.461. The number of esters is 1. The summed E-state index contributed by atoms with van der Waals surface area (Å²) in [5.41, 5.74) is 5.62. The average molecular weight is 543 g/mol. The van der Waals surface area contributed by atoms with Gasteiger partial charge in [-0.05, 0) is 74.1 Å². The number of aromatic nitrogens is 4. The smallest absolute Gasteiger partial charge is 0.357 e. The molecule has 1 aliphatic heterocycles. The summed E-state index contributed by atoms with van der Waals surface area (Å²) in [6, 6.07) is 14.2. The average Bonchev–Trinajstić information content (AvgIpc) is 3.64. The van der Waals surface area contributed by atoms with Crippen LogP contribution in [0.5, 0.6) is 0 Å². The fourth-order valence-corrected chi connectivity index (χ4v) is 5.15. The second-order valence-electron chi connectivity index (χ2n) is 10.3. The standard InChI is InChI=1S/C31H38N6O3/c1-5-40-31(38)26-19-25(22-12-13-27(33-20-22)32-14-9-17-39-4)28-29(21(2)3)35-37(30(28)34-26)24-11-8-10-23(18-24)36-15-6-7-16-36/h8,10-13,18-21H,5-7,9,14-17H2,1-4H3,(H,32,33). The number of ether oxygens (including phenoxy) is 2. The molecule has 1 aromatic carbocycles. The van der Waals surface area contributed by atoms with E-state index in [1.165, 1.54) is 18.5 Å². The highest BCUT2D eigenvalue weighted by Gasteiger charge is 2.24. The first-order valence-corrected chi connectivity index (χ1v) is 14.2. The summed E-state index contributed by atoms with van der Waals surface area (Å²) < 4.78 is 12.4. The Kier molecular flexibility index (Phi) is 8.60. The number of fused-ring (bicyclic) bond motifs is 1. The van der Waals surface area contributed by atoms with Crippen molar-refractivity contribution in [3.63, 3.8) is 0 Å². The van der Waals surface area contributed by atoms with Crippen molar-refractivity contribution in [1.82, 2.24) is 19.7 Å². The zero-order valence-electron chi connectivity index (χ0n) is 23.8. The van der Waals surface area contributed by atoms with Crippen LogP contribution in [0.1, 0.15) is 62.1 Å². The molecule has 0 saturated carbocycles. The van der Waals surface area contributed by atoms with E-state index >= 15 is 0 Å². The summed E-state index contributed by atoms with van der Waals surface area (Å²) in [4.78, 5) is 24.8. The van der Waals surface area contributed by atoms with Gasteiger partial charge in [-0.2, -0.15) is 5.10 Å². The Hall–Kier alpha value is -3.98. The number of hydrogen-bond acceptors (Lipinski definition) is 8. The molecule has 3 aromatic heterocycles. The molecule has 0 atom stereocenters. The molecule has 9 nitrogen and oxygen atoms in total. The first-order valence-electron chi connectivity index (χ1n) is 14.2. The second kappa shape index (κ2) is 12.5. The fraction of sp³-hybridized carbons (Fsp3) is 0.419. The van der Waals surface area contributed by atoms with Gasteiger partial charge in [-0.15, -0.1) is 0 Å². The number of carbonyl (C=O) groups excluding carboxylic acids is 1. The van der Waals surface area contributed by atoms with Crippen LogP contribution < -0.4 is 10.2 Å². The van der Waals surface area contributed by atoms with E-state index in [0.29, 0.717) is 12.3 Å². The van der Waals surface area contributed by atoms with Crippen LogP contribution in [0.4, 0.5) is 11.5 Å². The zero-order valence-corrected chi connectivity index (χ0v) is 23.8. The van der Waals surface area contributed by atoms with E-state index in [1.807, 2.05) is 35.1 Å². The van der Waals surface area contributed by atoms with Crippen molar-refractivity contribution in [3.05, 3.63) is 60.0 Å². The summed E-state index contributed by atoms with van der Waals surface area (Å²) in [6.45, 7) is 9.90. The number of rotatable bonds is 11. The first kappa shape index (κ1) is 27.6. The predicted octanol–water partition coefficient (Wildman–Crippen LogP) is 5.83. The van der Waals surface area contributed by atoms with Gasteiger partial charge < -0.3 is 19.7 Å². The molecule has 0 unspecified atom stereocenters. The first-order chi connectivity index (χ1) is 19.5. The number of anilines is 2. The van der Waals surface area contributed by atoms with E-state index in [4.69, 9.17) is 19.6 Å². The molecule has 1 saturated heterocycles. The summed E-state index contributed by atoms with van der Waals surface area (Å²) >= 11 is 0. The SMILES string of the molecule is CCOC(=O)c1cc(-c2ccc(NCCCOC)nc2)c2c(C(C)C)nn(-c3cccc(N4CCCC4)c3)c2n1. The lowest BCUT2D eigenvalue weighted by Crippen LogP contribution is -2.17. The fourth-order valence-electron chi connectivity index (χ4n) is 5.15. The third-order valence-electron chi connectivity index (χ3n) is 7.15. The van der Waals surface area contributed by atoms with Crippen LogP contribution in [0.15, 0.2) is 48.7 Å². The molecule has 1 N–H and O–H groups in total. The normalized spacial score (nSPS) is 13.4. The highest BCUT2D eigenvalue weighted by molar-refractivity contribution is 6.00. The molecule has 0 amide bonds. The molecular formula is C31H38N6O3. The lowest BCUT2D eigenvalue weighted by atomic mass is 9.98. The zero-order chi connectivity index (χ0) is 28.1. The number of carbonyl (C=O) groups is 1. The molecule has 4 heterocycles. The van der Waals surface area contributed by atoms with Gasteiger partial charge in [-0.1, -0.05) is 19.9 Å². The van der Waals surface area contributed by atoms with E-state index in [0.717, 1.165) is 59.8 Å². The molecule has 0 radical (unpaired) electrons. The van der Waals surface area contributed by atoms with Gasteiger partial charge in [0.05, 0.1) is 23.4 Å². The Bertz CT molecular complexity index is 1460. The van der Waals surface area contributed by atoms with Crippen molar-refractivity contribution >= 4 is 28.5 Å². The molecule has 4 aromatic rings. The van der Waals surface area contributed by atoms with Crippen LogP contribution in [0.25, 0.3) is 27.8 Å². The Morgan fingerprint density at radius 1 is 1.10 bits per heavy atom. The lowest BCUT2D eigenvalue weighted by molar-refractivity contribution is 0.0520. The number of nitrogens with one attached hydrogen (secondary N) is 1. The monoisotopic (exact) mass is 542 g/mol. The summed E-state index contributed by atoms with van der Waals surface area (Å²) in [5, 5.41) is 9.32. The maximum absolute atomic E-state index is 13.0. The Labute approximate surface area is 235 Å². The van der Waals surface area contributed by atoms with Crippen molar-refractivity contribution in [3.8, 4) is 16.8 Å². The maximum atomic E-state index is 13.0. The minimum absolute atomic E-state index is 0.134. The van der Waals surface area contributed by atoms with E-state index in [9.17, 15) is 4.79 Å². The van der Waals surface area contributed by atoms with Crippen LogP contribution in [0.3, 0.4) is 0 Å². The van der Waals surface area contributed by atoms with E-state index in [1.54, 1.807) is 14.0 Å². The molecule has 1 fully saturated rings. The quantitative estimate of drug-likeness (QED) is 0.187. The third kappa shape index (κ3) is 5.79. The van der Waals surface area contributed by atoms with Crippen molar-refractivity contribution in [2.75, 3.05) is 50.2 Å². The molecule has 1 aliphatic rings. The van der Waals surface area contributed by atoms with Gasteiger partial charge in [0, 0.05) is 50.8 Å². The number of hydrogen-bond donors (Lipinski definition) is 1. The summed E-state index contributed by atoms with van der Waals surface area (Å²) in [7, 11) is 1.70. The molecule has 9 heteroatoms. The van der Waals surface area contributed by atoms with Crippen LogP contribution >= 0.6 is 0 Å². The number of nitrogens with zero attached hydrogens (tertiary/aromatic N) is 5.